The van der Waals surface area contributed by atoms with Crippen LogP contribution in [0.1, 0.15) is 22.2 Å². The van der Waals surface area contributed by atoms with Gasteiger partial charge < -0.3 is 14.8 Å². The molecular weight excluding hydrogens is 373 g/mol. The molecule has 2 aromatic heterocycles. The molecule has 2 aromatic rings. The molecule has 0 radical (unpaired) electrons. The summed E-state index contributed by atoms with van der Waals surface area (Å²) in [6.45, 7) is 0.256. The highest BCUT2D eigenvalue weighted by molar-refractivity contribution is 7.09. The Labute approximate surface area is 150 Å². The van der Waals surface area contributed by atoms with Crippen LogP contribution in [0, 0.1) is 0 Å². The molecule has 1 amide bonds. The molecule has 0 aliphatic rings. The number of nitrogens with zero attached hydrogens (tertiary/aromatic N) is 1. The minimum absolute atomic E-state index is 0.0118. The van der Waals surface area contributed by atoms with Gasteiger partial charge in [-0.15, -0.1) is 11.3 Å². The smallest absolute Gasteiger partial charge is 0.422 e. The van der Waals surface area contributed by atoms with Crippen LogP contribution in [-0.4, -0.2) is 35.7 Å². The number of ether oxygens (including phenoxy) is 2. The summed E-state index contributed by atoms with van der Waals surface area (Å²) in [6.07, 6.45) is -4.50. The Morgan fingerprint density at radius 2 is 2.08 bits per heavy atom. The molecule has 2 rings (SSSR count). The lowest BCUT2D eigenvalue weighted by Gasteiger charge is -2.13. The third-order valence-electron chi connectivity index (χ3n) is 3.03. The Kier molecular flexibility index (Phi) is 6.56. The number of hydrogen-bond donors (Lipinski definition) is 1. The van der Waals surface area contributed by atoms with Crippen LogP contribution in [0.2, 0.25) is 0 Å². The predicted octanol–water partition coefficient (Wildman–Crippen LogP) is 2.95. The Bertz CT molecular complexity index is 733. The SMILES string of the molecule is C[C@H](OC(=O)c1ccc(OCC(F)(F)F)nc1)C(=O)NCc1cccs1. The molecule has 1 atom stereocenters. The van der Waals surface area contributed by atoms with Crippen molar-refractivity contribution in [2.24, 2.45) is 0 Å². The maximum absolute atomic E-state index is 12.1. The number of pyridine rings is 1. The monoisotopic (exact) mass is 388 g/mol. The van der Waals surface area contributed by atoms with E-state index in [-0.39, 0.29) is 11.4 Å². The zero-order valence-corrected chi connectivity index (χ0v) is 14.4. The first-order valence-electron chi connectivity index (χ1n) is 7.41. The van der Waals surface area contributed by atoms with Gasteiger partial charge in [-0.1, -0.05) is 6.07 Å². The number of alkyl halides is 3. The van der Waals surface area contributed by atoms with E-state index in [1.807, 2.05) is 17.5 Å². The molecular formula is C16H15F3N2O4S. The highest BCUT2D eigenvalue weighted by Crippen LogP contribution is 2.17. The number of esters is 1. The second-order valence-corrected chi connectivity index (χ2v) is 6.17. The van der Waals surface area contributed by atoms with Crippen LogP contribution < -0.4 is 10.1 Å². The van der Waals surface area contributed by atoms with Gasteiger partial charge in [-0.05, 0) is 24.4 Å². The molecule has 0 saturated heterocycles. The molecule has 0 saturated carbocycles. The molecule has 0 fully saturated rings. The van der Waals surface area contributed by atoms with E-state index in [2.05, 4.69) is 15.0 Å². The fourth-order valence-electron chi connectivity index (χ4n) is 1.76. The average molecular weight is 388 g/mol. The van der Waals surface area contributed by atoms with Crippen molar-refractivity contribution < 1.29 is 32.2 Å². The average Bonchev–Trinajstić information content (AvgIpc) is 3.11. The van der Waals surface area contributed by atoms with Crippen molar-refractivity contribution in [2.75, 3.05) is 6.61 Å². The molecule has 1 N–H and O–H groups in total. The van der Waals surface area contributed by atoms with Gasteiger partial charge in [-0.2, -0.15) is 13.2 Å². The van der Waals surface area contributed by atoms with Gasteiger partial charge in [0.15, 0.2) is 12.7 Å². The van der Waals surface area contributed by atoms with Crippen molar-refractivity contribution in [2.45, 2.75) is 25.7 Å². The summed E-state index contributed by atoms with van der Waals surface area (Å²) in [5.74, 6) is -1.57. The summed E-state index contributed by atoms with van der Waals surface area (Å²) in [5.41, 5.74) is -0.0118. The maximum Gasteiger partial charge on any atom is 0.422 e. The molecule has 0 aliphatic carbocycles. The van der Waals surface area contributed by atoms with Crippen molar-refractivity contribution in [1.29, 1.82) is 0 Å². The molecule has 0 spiro atoms. The van der Waals surface area contributed by atoms with E-state index in [0.717, 1.165) is 17.1 Å². The lowest BCUT2D eigenvalue weighted by molar-refractivity contribution is -0.154. The molecule has 10 heteroatoms. The number of amides is 1. The molecule has 140 valence electrons. The highest BCUT2D eigenvalue weighted by atomic mass is 32.1. The van der Waals surface area contributed by atoms with Gasteiger partial charge in [0.25, 0.3) is 5.91 Å². The molecule has 0 aromatic carbocycles. The van der Waals surface area contributed by atoms with Gasteiger partial charge in [0, 0.05) is 17.1 Å². The van der Waals surface area contributed by atoms with Crippen LogP contribution in [0.25, 0.3) is 0 Å². The van der Waals surface area contributed by atoms with Gasteiger partial charge in [0.2, 0.25) is 5.88 Å². The first-order valence-corrected chi connectivity index (χ1v) is 8.29. The fraction of sp³-hybridized carbons (Fsp3) is 0.312. The minimum atomic E-state index is -4.48. The van der Waals surface area contributed by atoms with E-state index in [4.69, 9.17) is 4.74 Å². The standard InChI is InChI=1S/C16H15F3N2O4S/c1-10(14(22)21-8-12-3-2-6-26-12)25-15(23)11-4-5-13(20-7-11)24-9-16(17,18)19/h2-7,10H,8-9H2,1H3,(H,21,22)/t10-/m0/s1. The summed E-state index contributed by atoms with van der Waals surface area (Å²) < 4.78 is 45.6. The fourth-order valence-corrected chi connectivity index (χ4v) is 2.40. The number of thiophene rings is 1. The lowest BCUT2D eigenvalue weighted by atomic mass is 10.3. The number of hydrogen-bond acceptors (Lipinski definition) is 6. The second kappa shape index (κ2) is 8.65. The Morgan fingerprint density at radius 1 is 1.31 bits per heavy atom. The Morgan fingerprint density at radius 3 is 2.65 bits per heavy atom. The van der Waals surface area contributed by atoms with Gasteiger partial charge in [-0.3, -0.25) is 4.79 Å². The third kappa shape index (κ3) is 6.36. The first kappa shape index (κ1) is 19.7. The number of nitrogens with one attached hydrogen (secondary N) is 1. The van der Waals surface area contributed by atoms with Gasteiger partial charge in [0.1, 0.15) is 0 Å². The number of halogens is 3. The van der Waals surface area contributed by atoms with Gasteiger partial charge >= 0.3 is 12.1 Å². The number of carbonyl (C=O) groups is 2. The normalized spacial score (nSPS) is 12.3. The van der Waals surface area contributed by atoms with Crippen LogP contribution in [0.15, 0.2) is 35.8 Å². The molecule has 0 unspecified atom stereocenters. The van der Waals surface area contributed by atoms with E-state index in [1.54, 1.807) is 0 Å². The quantitative estimate of drug-likeness (QED) is 0.738. The summed E-state index contributed by atoms with van der Waals surface area (Å²) in [5, 5.41) is 4.51. The largest absolute Gasteiger partial charge is 0.468 e. The predicted molar refractivity (Wildman–Crippen MR) is 86.8 cm³/mol. The summed E-state index contributed by atoms with van der Waals surface area (Å²) in [6, 6.07) is 6.03. The van der Waals surface area contributed by atoms with E-state index < -0.39 is 30.8 Å². The van der Waals surface area contributed by atoms with E-state index in [1.165, 1.54) is 24.3 Å². The molecule has 2 heterocycles. The second-order valence-electron chi connectivity index (χ2n) is 5.13. The van der Waals surface area contributed by atoms with Crippen molar-refractivity contribution >= 4 is 23.2 Å². The Balaban J connectivity index is 1.83. The Hall–Kier alpha value is -2.62. The van der Waals surface area contributed by atoms with Crippen molar-refractivity contribution in [3.63, 3.8) is 0 Å². The van der Waals surface area contributed by atoms with Crippen molar-refractivity contribution in [3.05, 3.63) is 46.3 Å². The molecule has 0 aliphatic heterocycles. The third-order valence-corrected chi connectivity index (χ3v) is 3.90. The molecule has 26 heavy (non-hydrogen) atoms. The summed E-state index contributed by atoms with van der Waals surface area (Å²) >= 11 is 1.48. The van der Waals surface area contributed by atoms with Crippen LogP contribution in [-0.2, 0) is 16.1 Å². The van der Waals surface area contributed by atoms with Gasteiger partial charge in [-0.25, -0.2) is 9.78 Å². The number of aromatic nitrogens is 1. The van der Waals surface area contributed by atoms with E-state index >= 15 is 0 Å². The van der Waals surface area contributed by atoms with E-state index in [0.29, 0.717) is 6.54 Å². The van der Waals surface area contributed by atoms with Crippen LogP contribution >= 0.6 is 11.3 Å². The minimum Gasteiger partial charge on any atom is -0.468 e. The lowest BCUT2D eigenvalue weighted by Crippen LogP contribution is -2.35. The maximum atomic E-state index is 12.1. The number of carbonyl (C=O) groups excluding carboxylic acids is 2. The van der Waals surface area contributed by atoms with Gasteiger partial charge in [0.05, 0.1) is 12.1 Å². The molecule has 0 bridgehead atoms. The zero-order chi connectivity index (χ0) is 19.2. The first-order chi connectivity index (χ1) is 12.2. The number of rotatable bonds is 7. The highest BCUT2D eigenvalue weighted by Gasteiger charge is 2.28. The summed E-state index contributed by atoms with van der Waals surface area (Å²) in [7, 11) is 0. The topological polar surface area (TPSA) is 77.5 Å². The van der Waals surface area contributed by atoms with Crippen LogP contribution in [0.4, 0.5) is 13.2 Å². The van der Waals surface area contributed by atoms with Crippen molar-refractivity contribution in [3.8, 4) is 5.88 Å². The summed E-state index contributed by atoms with van der Waals surface area (Å²) in [4.78, 5) is 28.4. The van der Waals surface area contributed by atoms with Crippen molar-refractivity contribution in [1.82, 2.24) is 10.3 Å². The zero-order valence-electron chi connectivity index (χ0n) is 13.6. The van der Waals surface area contributed by atoms with E-state index in [9.17, 15) is 22.8 Å². The van der Waals surface area contributed by atoms with Crippen LogP contribution in [0.3, 0.4) is 0 Å². The molecule has 6 nitrogen and oxygen atoms in total. The van der Waals surface area contributed by atoms with Crippen LogP contribution in [0.5, 0.6) is 5.88 Å².